The number of para-hydroxylation sites is 1. The maximum atomic E-state index is 13.6. The van der Waals surface area contributed by atoms with Crippen molar-refractivity contribution in [3.05, 3.63) is 80.3 Å². The third-order valence-electron chi connectivity index (χ3n) is 3.93. The van der Waals surface area contributed by atoms with Gasteiger partial charge in [-0.1, -0.05) is 28.1 Å². The van der Waals surface area contributed by atoms with Gasteiger partial charge >= 0.3 is 0 Å². The number of benzene rings is 2. The zero-order valence-electron chi connectivity index (χ0n) is 14.0. The van der Waals surface area contributed by atoms with E-state index in [9.17, 15) is 18.8 Å². The number of pyridine rings is 1. The molecule has 2 amide bonds. The zero-order chi connectivity index (χ0) is 19.4. The minimum Gasteiger partial charge on any atom is -0.360 e. The Hall–Kier alpha value is -3.00. The molecule has 0 atom stereocenters. The summed E-state index contributed by atoms with van der Waals surface area (Å²) >= 11 is 3.23. The van der Waals surface area contributed by atoms with Crippen molar-refractivity contribution in [2.45, 2.75) is 6.54 Å². The standard InChI is InChI=1S/C19H15BrFN3O3/c20-12-5-6-15(21)11(7-12)8-23-17(25)10-24-19(27)14-9-22-16-4-2-1-3-13(16)18(14)26/h1-7,9H,8,10H2,(H,22,26)(H,23,25)(H,24,27). The molecule has 3 N–H and O–H groups in total. The third-order valence-corrected chi connectivity index (χ3v) is 4.42. The molecule has 6 nitrogen and oxygen atoms in total. The number of nitrogens with one attached hydrogen (secondary N) is 3. The van der Waals surface area contributed by atoms with Crippen LogP contribution < -0.4 is 16.1 Å². The molecule has 0 aliphatic carbocycles. The summed E-state index contributed by atoms with van der Waals surface area (Å²) in [5, 5.41) is 5.30. The molecule has 0 saturated heterocycles. The fourth-order valence-corrected chi connectivity index (χ4v) is 2.94. The summed E-state index contributed by atoms with van der Waals surface area (Å²) in [7, 11) is 0. The van der Waals surface area contributed by atoms with Crippen molar-refractivity contribution in [1.82, 2.24) is 15.6 Å². The first kappa shape index (κ1) is 18.8. The SMILES string of the molecule is O=C(CNC(=O)c1c[nH]c2ccccc2c1=O)NCc1cc(Br)ccc1F. The molecule has 27 heavy (non-hydrogen) atoms. The van der Waals surface area contributed by atoms with E-state index in [2.05, 4.69) is 31.5 Å². The van der Waals surface area contributed by atoms with Crippen LogP contribution in [0.5, 0.6) is 0 Å². The molecule has 1 heterocycles. The van der Waals surface area contributed by atoms with Gasteiger partial charge in [0.1, 0.15) is 11.4 Å². The topological polar surface area (TPSA) is 91.1 Å². The summed E-state index contributed by atoms with van der Waals surface area (Å²) in [6.07, 6.45) is 1.31. The highest BCUT2D eigenvalue weighted by Gasteiger charge is 2.14. The number of halogens is 2. The molecule has 0 aliphatic heterocycles. The molecule has 0 bridgehead atoms. The number of rotatable bonds is 5. The molecule has 3 rings (SSSR count). The van der Waals surface area contributed by atoms with Gasteiger partial charge in [0, 0.05) is 33.7 Å². The second-order valence-electron chi connectivity index (χ2n) is 5.77. The first-order valence-electron chi connectivity index (χ1n) is 8.05. The quantitative estimate of drug-likeness (QED) is 0.579. The number of hydrogen-bond donors (Lipinski definition) is 3. The average Bonchev–Trinajstić information content (AvgIpc) is 2.67. The monoisotopic (exact) mass is 431 g/mol. The van der Waals surface area contributed by atoms with E-state index in [0.29, 0.717) is 20.9 Å². The Labute approximate surface area is 161 Å². The number of hydrogen-bond acceptors (Lipinski definition) is 3. The van der Waals surface area contributed by atoms with E-state index >= 15 is 0 Å². The molecule has 0 spiro atoms. The number of fused-ring (bicyclic) bond motifs is 1. The van der Waals surface area contributed by atoms with Crippen LogP contribution in [0.1, 0.15) is 15.9 Å². The first-order valence-corrected chi connectivity index (χ1v) is 8.84. The lowest BCUT2D eigenvalue weighted by Crippen LogP contribution is -2.38. The van der Waals surface area contributed by atoms with E-state index in [1.165, 1.54) is 12.3 Å². The summed E-state index contributed by atoms with van der Waals surface area (Å²) in [5.74, 6) is -1.60. The molecule has 0 unspecified atom stereocenters. The van der Waals surface area contributed by atoms with E-state index in [-0.39, 0.29) is 18.7 Å². The number of carbonyl (C=O) groups excluding carboxylic acids is 2. The molecular weight excluding hydrogens is 417 g/mol. The number of aromatic nitrogens is 1. The van der Waals surface area contributed by atoms with Crippen LogP contribution in [0.4, 0.5) is 4.39 Å². The molecule has 1 aromatic heterocycles. The second-order valence-corrected chi connectivity index (χ2v) is 6.69. The fraction of sp³-hybridized carbons (Fsp3) is 0.105. The molecule has 138 valence electrons. The van der Waals surface area contributed by atoms with Crippen LogP contribution >= 0.6 is 15.9 Å². The van der Waals surface area contributed by atoms with Crippen LogP contribution in [-0.2, 0) is 11.3 Å². The van der Waals surface area contributed by atoms with Gasteiger partial charge < -0.3 is 15.6 Å². The van der Waals surface area contributed by atoms with Crippen molar-refractivity contribution in [1.29, 1.82) is 0 Å². The van der Waals surface area contributed by atoms with E-state index < -0.39 is 23.1 Å². The summed E-state index contributed by atoms with van der Waals surface area (Å²) in [6, 6.07) is 11.2. The van der Waals surface area contributed by atoms with Gasteiger partial charge in [0.25, 0.3) is 5.91 Å². The van der Waals surface area contributed by atoms with Crippen molar-refractivity contribution in [2.24, 2.45) is 0 Å². The van der Waals surface area contributed by atoms with Crippen LogP contribution in [0.15, 0.2) is 57.9 Å². The molecule has 2 aromatic carbocycles. The number of H-pyrrole nitrogens is 1. The molecule has 3 aromatic rings. The minimum atomic E-state index is -0.661. The Bertz CT molecular complexity index is 1080. The highest BCUT2D eigenvalue weighted by atomic mass is 79.9. The van der Waals surface area contributed by atoms with Crippen molar-refractivity contribution in [2.75, 3.05) is 6.54 Å². The van der Waals surface area contributed by atoms with E-state index in [4.69, 9.17) is 0 Å². The van der Waals surface area contributed by atoms with E-state index in [1.54, 1.807) is 36.4 Å². The predicted molar refractivity (Wildman–Crippen MR) is 103 cm³/mol. The molecular formula is C19H15BrFN3O3. The van der Waals surface area contributed by atoms with Crippen LogP contribution in [0.3, 0.4) is 0 Å². The second kappa shape index (κ2) is 8.13. The smallest absolute Gasteiger partial charge is 0.257 e. The van der Waals surface area contributed by atoms with Crippen molar-refractivity contribution < 1.29 is 14.0 Å². The van der Waals surface area contributed by atoms with Gasteiger partial charge in [-0.05, 0) is 30.3 Å². The maximum absolute atomic E-state index is 13.6. The molecule has 0 radical (unpaired) electrons. The van der Waals surface area contributed by atoms with Gasteiger partial charge in [-0.15, -0.1) is 0 Å². The Morgan fingerprint density at radius 1 is 1.11 bits per heavy atom. The van der Waals surface area contributed by atoms with Gasteiger partial charge in [0.05, 0.1) is 6.54 Å². The number of amides is 2. The van der Waals surface area contributed by atoms with Gasteiger partial charge in [-0.2, -0.15) is 0 Å². The van der Waals surface area contributed by atoms with Gasteiger partial charge in [0.15, 0.2) is 0 Å². The van der Waals surface area contributed by atoms with Crippen molar-refractivity contribution in [3.8, 4) is 0 Å². The lowest BCUT2D eigenvalue weighted by atomic mass is 10.1. The number of aromatic amines is 1. The van der Waals surface area contributed by atoms with Gasteiger partial charge in [-0.25, -0.2) is 4.39 Å². The molecule has 8 heteroatoms. The predicted octanol–water partition coefficient (Wildman–Crippen LogP) is 2.48. The lowest BCUT2D eigenvalue weighted by molar-refractivity contribution is -0.120. The summed E-state index contributed by atoms with van der Waals surface area (Å²) in [5.41, 5.74) is 0.431. The Morgan fingerprint density at radius 2 is 1.89 bits per heavy atom. The number of carbonyl (C=O) groups is 2. The lowest BCUT2D eigenvalue weighted by Gasteiger charge is -2.08. The Kier molecular flexibility index (Phi) is 5.66. The van der Waals surface area contributed by atoms with Crippen LogP contribution in [0.25, 0.3) is 10.9 Å². The zero-order valence-corrected chi connectivity index (χ0v) is 15.6. The Balaban J connectivity index is 1.60. The van der Waals surface area contributed by atoms with Crippen LogP contribution in [-0.4, -0.2) is 23.3 Å². The normalized spacial score (nSPS) is 10.6. The average molecular weight is 432 g/mol. The van der Waals surface area contributed by atoms with Gasteiger partial charge in [-0.3, -0.25) is 14.4 Å². The summed E-state index contributed by atoms with van der Waals surface area (Å²) in [4.78, 5) is 39.4. The molecule has 0 aliphatic rings. The first-order chi connectivity index (χ1) is 13.0. The highest BCUT2D eigenvalue weighted by molar-refractivity contribution is 9.10. The highest BCUT2D eigenvalue weighted by Crippen LogP contribution is 2.15. The molecule has 0 saturated carbocycles. The van der Waals surface area contributed by atoms with Crippen LogP contribution in [0, 0.1) is 5.82 Å². The maximum Gasteiger partial charge on any atom is 0.257 e. The largest absolute Gasteiger partial charge is 0.360 e. The molecule has 0 fully saturated rings. The minimum absolute atomic E-state index is 0.0173. The van der Waals surface area contributed by atoms with Gasteiger partial charge in [0.2, 0.25) is 11.3 Å². The fourth-order valence-electron chi connectivity index (χ4n) is 2.53. The summed E-state index contributed by atoms with van der Waals surface area (Å²) in [6.45, 7) is -0.350. The van der Waals surface area contributed by atoms with Crippen molar-refractivity contribution >= 4 is 38.6 Å². The van der Waals surface area contributed by atoms with E-state index in [0.717, 1.165) is 0 Å². The van der Waals surface area contributed by atoms with Crippen molar-refractivity contribution in [3.63, 3.8) is 0 Å². The van der Waals surface area contributed by atoms with E-state index in [1.807, 2.05) is 0 Å². The third kappa shape index (κ3) is 4.40. The summed E-state index contributed by atoms with van der Waals surface area (Å²) < 4.78 is 14.3. The Morgan fingerprint density at radius 3 is 2.70 bits per heavy atom. The van der Waals surface area contributed by atoms with Crippen LogP contribution in [0.2, 0.25) is 0 Å².